The van der Waals surface area contributed by atoms with Crippen LogP contribution in [0.2, 0.25) is 0 Å². The predicted octanol–water partition coefficient (Wildman–Crippen LogP) is 0.242. The van der Waals surface area contributed by atoms with Gasteiger partial charge in [0.2, 0.25) is 0 Å². The van der Waals surface area contributed by atoms with Crippen molar-refractivity contribution < 1.29 is 23.6 Å². The van der Waals surface area contributed by atoms with Gasteiger partial charge >= 0.3 is 12.1 Å². The van der Waals surface area contributed by atoms with E-state index in [0.29, 0.717) is 31.0 Å². The Balaban J connectivity index is 1.74. The molecule has 3 rings (SSSR count). The predicted molar refractivity (Wildman–Crippen MR) is 87.5 cm³/mol. The summed E-state index contributed by atoms with van der Waals surface area (Å²) in [6.07, 6.45) is -0.930. The molecule has 1 atom stereocenters. The van der Waals surface area contributed by atoms with Crippen molar-refractivity contribution in [3.63, 3.8) is 0 Å². The number of cyclic esters (lactones) is 1. The molecule has 2 heterocycles. The van der Waals surface area contributed by atoms with Crippen LogP contribution in [0.25, 0.3) is 0 Å². The number of nitrogens with two attached hydrogens (primary N) is 2. The van der Waals surface area contributed by atoms with Gasteiger partial charge in [0.1, 0.15) is 11.9 Å². The van der Waals surface area contributed by atoms with E-state index in [1.807, 2.05) is 0 Å². The number of urea groups is 1. The van der Waals surface area contributed by atoms with Crippen molar-refractivity contribution in [1.82, 2.24) is 5.06 Å². The number of hydroxylamine groups is 2. The van der Waals surface area contributed by atoms with E-state index in [9.17, 15) is 14.0 Å². The molecule has 3 amide bonds. The molecule has 0 spiro atoms. The fourth-order valence-corrected chi connectivity index (χ4v) is 2.84. The molecule has 0 unspecified atom stereocenters. The number of hydrogen-bond donors (Lipinski definition) is 2. The Labute approximate surface area is 143 Å². The van der Waals surface area contributed by atoms with E-state index in [4.69, 9.17) is 21.0 Å². The highest BCUT2D eigenvalue weighted by atomic mass is 19.1. The van der Waals surface area contributed by atoms with E-state index in [2.05, 4.69) is 0 Å². The zero-order chi connectivity index (χ0) is 18.0. The second kappa shape index (κ2) is 7.11. The number of carbonyl (C=O) groups excluding carboxylic acids is 2. The largest absolute Gasteiger partial charge is 0.443 e. The van der Waals surface area contributed by atoms with Gasteiger partial charge < -0.3 is 21.1 Å². The molecule has 2 aliphatic heterocycles. The molecule has 9 nitrogen and oxygen atoms in total. The number of nitrogens with zero attached hydrogens (tertiary/aromatic N) is 3. The zero-order valence-corrected chi connectivity index (χ0v) is 13.6. The second-order valence-corrected chi connectivity index (χ2v) is 5.75. The number of rotatable bonds is 3. The lowest BCUT2D eigenvalue weighted by Gasteiger charge is -2.23. The van der Waals surface area contributed by atoms with E-state index in [-0.39, 0.29) is 19.7 Å². The third kappa shape index (κ3) is 3.59. The van der Waals surface area contributed by atoms with Crippen molar-refractivity contribution in [3.05, 3.63) is 24.0 Å². The van der Waals surface area contributed by atoms with Crippen LogP contribution in [0.3, 0.4) is 0 Å². The van der Waals surface area contributed by atoms with Gasteiger partial charge in [-0.2, -0.15) is 0 Å². The fourth-order valence-electron chi connectivity index (χ4n) is 2.84. The fraction of sp³-hybridized carbons (Fsp3) is 0.467. The molecule has 0 radical (unpaired) electrons. The molecule has 1 aromatic carbocycles. The second-order valence-electron chi connectivity index (χ2n) is 5.75. The number of hydrogen-bond acceptors (Lipinski definition) is 6. The summed E-state index contributed by atoms with van der Waals surface area (Å²) in [4.78, 5) is 31.3. The number of ether oxygens (including phenoxy) is 1. The summed E-state index contributed by atoms with van der Waals surface area (Å²) in [6.45, 7) is 1.72. The minimum atomic E-state index is -0.681. The van der Waals surface area contributed by atoms with Crippen LogP contribution in [0, 0.1) is 5.82 Å². The third-order valence-electron chi connectivity index (χ3n) is 4.15. The quantitative estimate of drug-likeness (QED) is 0.805. The number of anilines is 2. The molecule has 2 saturated heterocycles. The Kier molecular flexibility index (Phi) is 4.91. The standard InChI is InChI=1S/C15H20FN5O4/c16-12-7-10(20-9-11(8-17)25-15(20)23)1-2-13(12)19-3-4-21(14(18)22)24-6-5-19/h1-2,7,11H,3-6,8-9,17H2,(H2,18,22)/t11-/m0/s1. The minimum Gasteiger partial charge on any atom is -0.443 e. The van der Waals surface area contributed by atoms with Crippen molar-refractivity contribution in [2.75, 3.05) is 49.1 Å². The monoisotopic (exact) mass is 353 g/mol. The lowest BCUT2D eigenvalue weighted by atomic mass is 10.2. The molecule has 0 aliphatic carbocycles. The van der Waals surface area contributed by atoms with Crippen LogP contribution in [0.5, 0.6) is 0 Å². The lowest BCUT2D eigenvalue weighted by Crippen LogP contribution is -2.38. The smallest absolute Gasteiger partial charge is 0.414 e. The minimum absolute atomic E-state index is 0.209. The Hall–Kier alpha value is -2.59. The Morgan fingerprint density at radius 3 is 2.76 bits per heavy atom. The topological polar surface area (TPSA) is 114 Å². The highest BCUT2D eigenvalue weighted by molar-refractivity contribution is 5.90. The molecule has 0 saturated carbocycles. The van der Waals surface area contributed by atoms with Crippen LogP contribution in [0.4, 0.5) is 25.4 Å². The van der Waals surface area contributed by atoms with E-state index in [0.717, 1.165) is 5.06 Å². The average Bonchev–Trinajstić information content (AvgIpc) is 2.80. The summed E-state index contributed by atoms with van der Waals surface area (Å²) in [5.41, 5.74) is 11.5. The zero-order valence-electron chi connectivity index (χ0n) is 13.6. The van der Waals surface area contributed by atoms with Crippen molar-refractivity contribution in [2.45, 2.75) is 6.10 Å². The molecule has 25 heavy (non-hydrogen) atoms. The summed E-state index contributed by atoms with van der Waals surface area (Å²) < 4.78 is 19.7. The maximum atomic E-state index is 14.6. The lowest BCUT2D eigenvalue weighted by molar-refractivity contribution is -0.102. The highest BCUT2D eigenvalue weighted by Crippen LogP contribution is 2.28. The first kappa shape index (κ1) is 17.2. The molecule has 1 aromatic rings. The first-order valence-corrected chi connectivity index (χ1v) is 7.92. The number of amides is 3. The van der Waals surface area contributed by atoms with Gasteiger partial charge in [0.15, 0.2) is 0 Å². The van der Waals surface area contributed by atoms with E-state index in [1.54, 1.807) is 17.0 Å². The first-order valence-electron chi connectivity index (χ1n) is 7.92. The molecule has 4 N–H and O–H groups in total. The van der Waals surface area contributed by atoms with Crippen molar-refractivity contribution >= 4 is 23.5 Å². The summed E-state index contributed by atoms with van der Waals surface area (Å²) in [7, 11) is 0. The molecular formula is C15H20FN5O4. The van der Waals surface area contributed by atoms with Crippen molar-refractivity contribution in [2.24, 2.45) is 11.5 Å². The summed E-state index contributed by atoms with van der Waals surface area (Å²) in [6, 6.07) is 3.84. The van der Waals surface area contributed by atoms with Gasteiger partial charge in [-0.1, -0.05) is 0 Å². The molecular weight excluding hydrogens is 333 g/mol. The number of halogens is 1. The van der Waals surface area contributed by atoms with Gasteiger partial charge in [0.25, 0.3) is 0 Å². The normalized spacial score (nSPS) is 21.3. The molecule has 2 fully saturated rings. The van der Waals surface area contributed by atoms with Crippen LogP contribution >= 0.6 is 0 Å². The maximum Gasteiger partial charge on any atom is 0.414 e. The molecule has 10 heteroatoms. The average molecular weight is 353 g/mol. The van der Waals surface area contributed by atoms with Crippen LogP contribution < -0.4 is 21.3 Å². The highest BCUT2D eigenvalue weighted by Gasteiger charge is 2.32. The van der Waals surface area contributed by atoms with Gasteiger partial charge in [0.05, 0.1) is 31.1 Å². The van der Waals surface area contributed by atoms with E-state index >= 15 is 0 Å². The van der Waals surface area contributed by atoms with Crippen LogP contribution in [-0.4, -0.2) is 62.6 Å². The molecule has 0 bridgehead atoms. The van der Waals surface area contributed by atoms with Crippen LogP contribution in [-0.2, 0) is 9.57 Å². The van der Waals surface area contributed by atoms with Crippen molar-refractivity contribution in [1.29, 1.82) is 0 Å². The number of benzene rings is 1. The number of primary amides is 1. The van der Waals surface area contributed by atoms with E-state index < -0.39 is 24.0 Å². The SMILES string of the molecule is NC[C@H]1CN(c2ccc(N3CCON(C(N)=O)CC3)c(F)c2)C(=O)O1. The molecule has 0 aromatic heterocycles. The Morgan fingerprint density at radius 1 is 1.32 bits per heavy atom. The molecule has 2 aliphatic rings. The Bertz CT molecular complexity index is 673. The summed E-state index contributed by atoms with van der Waals surface area (Å²) >= 11 is 0. The summed E-state index contributed by atoms with van der Waals surface area (Å²) in [5.74, 6) is -0.478. The first-order chi connectivity index (χ1) is 12.0. The number of carbonyl (C=O) groups is 2. The Morgan fingerprint density at radius 2 is 2.12 bits per heavy atom. The molecule has 136 valence electrons. The van der Waals surface area contributed by atoms with Gasteiger partial charge in [0, 0.05) is 19.6 Å². The third-order valence-corrected chi connectivity index (χ3v) is 4.15. The van der Waals surface area contributed by atoms with Gasteiger partial charge in [-0.05, 0) is 18.2 Å². The van der Waals surface area contributed by atoms with E-state index in [1.165, 1.54) is 11.0 Å². The van der Waals surface area contributed by atoms with Crippen LogP contribution in [0.1, 0.15) is 0 Å². The van der Waals surface area contributed by atoms with Crippen molar-refractivity contribution in [3.8, 4) is 0 Å². The van der Waals surface area contributed by atoms with Gasteiger partial charge in [-0.3, -0.25) is 9.74 Å². The van der Waals surface area contributed by atoms with Crippen LogP contribution in [0.15, 0.2) is 18.2 Å². The summed E-state index contributed by atoms with van der Waals surface area (Å²) in [5, 5.41) is 1.06. The van der Waals surface area contributed by atoms with Gasteiger partial charge in [-0.15, -0.1) is 0 Å². The van der Waals surface area contributed by atoms with Gasteiger partial charge in [-0.25, -0.2) is 19.0 Å². The maximum absolute atomic E-state index is 14.6.